The van der Waals surface area contributed by atoms with Gasteiger partial charge in [0, 0.05) is 31.9 Å². The predicted octanol–water partition coefficient (Wildman–Crippen LogP) is 1.76. The summed E-state index contributed by atoms with van der Waals surface area (Å²) < 4.78 is 27.3. The molecule has 1 aromatic heterocycles. The maximum atomic E-state index is 13.0. The van der Waals surface area contributed by atoms with Crippen molar-refractivity contribution >= 4 is 27.5 Å². The first-order valence-electron chi connectivity index (χ1n) is 9.41. The van der Waals surface area contributed by atoms with E-state index in [9.17, 15) is 18.0 Å². The molecule has 1 aromatic carbocycles. The Bertz CT molecular complexity index is 962. The van der Waals surface area contributed by atoms with Crippen molar-refractivity contribution in [1.29, 1.82) is 0 Å². The minimum Gasteiger partial charge on any atom is -0.350 e. The van der Waals surface area contributed by atoms with Crippen LogP contribution in [0.25, 0.3) is 0 Å². The number of sulfonamides is 1. The van der Waals surface area contributed by atoms with E-state index >= 15 is 0 Å². The number of amides is 2. The van der Waals surface area contributed by atoms with Crippen molar-refractivity contribution in [3.8, 4) is 0 Å². The molecule has 154 valence electrons. The molecule has 1 aliphatic rings. The van der Waals surface area contributed by atoms with Crippen LogP contribution in [-0.4, -0.2) is 42.6 Å². The van der Waals surface area contributed by atoms with E-state index in [1.54, 1.807) is 24.4 Å². The number of anilines is 1. The summed E-state index contributed by atoms with van der Waals surface area (Å²) in [5, 5.41) is 5.45. The van der Waals surface area contributed by atoms with Gasteiger partial charge in [0.1, 0.15) is 0 Å². The number of carbonyl (C=O) groups excluding carboxylic acids is 2. The zero-order valence-corrected chi connectivity index (χ0v) is 17.0. The highest BCUT2D eigenvalue weighted by Crippen LogP contribution is 2.25. The molecule has 29 heavy (non-hydrogen) atoms. The van der Waals surface area contributed by atoms with Crippen molar-refractivity contribution in [2.75, 3.05) is 18.4 Å². The van der Waals surface area contributed by atoms with Crippen LogP contribution >= 0.6 is 0 Å². The summed E-state index contributed by atoms with van der Waals surface area (Å²) in [6.45, 7) is 2.22. The van der Waals surface area contributed by atoms with Crippen LogP contribution < -0.4 is 10.6 Å². The number of nitrogens with one attached hydrogen (secondary N) is 2. The maximum Gasteiger partial charge on any atom is 0.243 e. The molecule has 1 atom stereocenters. The van der Waals surface area contributed by atoms with E-state index in [1.165, 1.54) is 23.4 Å². The number of benzene rings is 1. The standard InChI is InChI=1S/C20H24N4O4S/c1-15(25)23-17-7-9-19(10-8-17)29(27,28)24-12-4-5-16(14-24)20(26)22-13-18-6-2-3-11-21-18/h2-3,6-11,16H,4-5,12-14H2,1H3,(H,22,26)(H,23,25)/t16-/m0/s1. The summed E-state index contributed by atoms with van der Waals surface area (Å²) in [5.41, 5.74) is 1.28. The van der Waals surface area contributed by atoms with Gasteiger partial charge in [-0.1, -0.05) is 6.07 Å². The highest BCUT2D eigenvalue weighted by molar-refractivity contribution is 7.89. The Labute approximate surface area is 170 Å². The second-order valence-electron chi connectivity index (χ2n) is 6.95. The van der Waals surface area contributed by atoms with Gasteiger partial charge < -0.3 is 10.6 Å². The van der Waals surface area contributed by atoms with Gasteiger partial charge in [0.15, 0.2) is 0 Å². The lowest BCUT2D eigenvalue weighted by atomic mass is 9.99. The molecule has 2 N–H and O–H groups in total. The Morgan fingerprint density at radius 3 is 2.59 bits per heavy atom. The molecule has 0 bridgehead atoms. The topological polar surface area (TPSA) is 108 Å². The van der Waals surface area contributed by atoms with E-state index in [-0.39, 0.29) is 23.3 Å². The first kappa shape index (κ1) is 20.9. The van der Waals surface area contributed by atoms with E-state index in [2.05, 4.69) is 15.6 Å². The number of carbonyl (C=O) groups is 2. The molecule has 0 unspecified atom stereocenters. The first-order chi connectivity index (χ1) is 13.9. The van der Waals surface area contributed by atoms with Crippen molar-refractivity contribution in [1.82, 2.24) is 14.6 Å². The van der Waals surface area contributed by atoms with Gasteiger partial charge in [-0.15, -0.1) is 0 Å². The normalized spacial score (nSPS) is 17.5. The van der Waals surface area contributed by atoms with Crippen LogP contribution in [0.15, 0.2) is 53.6 Å². The molecule has 2 aromatic rings. The maximum absolute atomic E-state index is 13.0. The minimum atomic E-state index is -3.71. The average molecular weight is 417 g/mol. The van der Waals surface area contributed by atoms with E-state index in [0.29, 0.717) is 31.6 Å². The SMILES string of the molecule is CC(=O)Nc1ccc(S(=O)(=O)N2CCC[C@H](C(=O)NCc3ccccn3)C2)cc1. The summed E-state index contributed by atoms with van der Waals surface area (Å²) in [5.74, 6) is -0.798. The molecular weight excluding hydrogens is 392 g/mol. The highest BCUT2D eigenvalue weighted by Gasteiger charge is 2.33. The predicted molar refractivity (Wildman–Crippen MR) is 108 cm³/mol. The molecule has 8 nitrogen and oxygen atoms in total. The van der Waals surface area contributed by atoms with E-state index < -0.39 is 15.9 Å². The Hall–Kier alpha value is -2.78. The monoisotopic (exact) mass is 416 g/mol. The zero-order valence-electron chi connectivity index (χ0n) is 16.2. The second kappa shape index (κ2) is 9.15. The van der Waals surface area contributed by atoms with Gasteiger partial charge in [-0.25, -0.2) is 8.42 Å². The van der Waals surface area contributed by atoms with Crippen LogP contribution in [-0.2, 0) is 26.2 Å². The third-order valence-corrected chi connectivity index (χ3v) is 6.62. The van der Waals surface area contributed by atoms with Crippen LogP contribution in [0.3, 0.4) is 0 Å². The van der Waals surface area contributed by atoms with Crippen LogP contribution in [0, 0.1) is 5.92 Å². The van der Waals surface area contributed by atoms with Crippen molar-refractivity contribution in [2.24, 2.45) is 5.92 Å². The van der Waals surface area contributed by atoms with Crippen molar-refractivity contribution in [3.63, 3.8) is 0 Å². The highest BCUT2D eigenvalue weighted by atomic mass is 32.2. The van der Waals surface area contributed by atoms with Gasteiger partial charge >= 0.3 is 0 Å². The molecular formula is C20H24N4O4S. The van der Waals surface area contributed by atoms with Gasteiger partial charge in [0.05, 0.1) is 23.1 Å². The Kier molecular flexibility index (Phi) is 6.60. The number of nitrogens with zero attached hydrogens (tertiary/aromatic N) is 2. The third kappa shape index (κ3) is 5.39. The van der Waals surface area contributed by atoms with Gasteiger partial charge in [-0.05, 0) is 49.2 Å². The smallest absolute Gasteiger partial charge is 0.243 e. The molecule has 0 radical (unpaired) electrons. The molecule has 0 saturated carbocycles. The van der Waals surface area contributed by atoms with Crippen molar-refractivity contribution in [2.45, 2.75) is 31.2 Å². The van der Waals surface area contributed by atoms with E-state index in [1.807, 2.05) is 12.1 Å². The number of pyridine rings is 1. The Morgan fingerprint density at radius 2 is 1.93 bits per heavy atom. The lowest BCUT2D eigenvalue weighted by Crippen LogP contribution is -2.45. The van der Waals surface area contributed by atoms with Crippen LogP contribution in [0.1, 0.15) is 25.5 Å². The number of rotatable bonds is 6. The Morgan fingerprint density at radius 1 is 1.17 bits per heavy atom. The van der Waals surface area contributed by atoms with Crippen molar-refractivity contribution in [3.05, 3.63) is 54.4 Å². The molecule has 2 amide bonds. The fourth-order valence-electron chi connectivity index (χ4n) is 3.26. The number of piperidine rings is 1. The molecule has 9 heteroatoms. The van der Waals surface area contributed by atoms with E-state index in [0.717, 1.165) is 5.69 Å². The van der Waals surface area contributed by atoms with Crippen LogP contribution in [0.4, 0.5) is 5.69 Å². The third-order valence-electron chi connectivity index (χ3n) is 4.74. The lowest BCUT2D eigenvalue weighted by Gasteiger charge is -2.31. The molecule has 0 spiro atoms. The van der Waals surface area contributed by atoms with Gasteiger partial charge in [0.25, 0.3) is 0 Å². The molecule has 2 heterocycles. The van der Waals surface area contributed by atoms with Crippen LogP contribution in [0.5, 0.6) is 0 Å². The van der Waals surface area contributed by atoms with Gasteiger partial charge in [-0.3, -0.25) is 14.6 Å². The van der Waals surface area contributed by atoms with Gasteiger partial charge in [0.2, 0.25) is 21.8 Å². The number of hydrogen-bond acceptors (Lipinski definition) is 5. The van der Waals surface area contributed by atoms with Crippen LogP contribution in [0.2, 0.25) is 0 Å². The fraction of sp³-hybridized carbons (Fsp3) is 0.350. The number of aromatic nitrogens is 1. The molecule has 0 aliphatic carbocycles. The number of hydrogen-bond donors (Lipinski definition) is 2. The van der Waals surface area contributed by atoms with Crippen molar-refractivity contribution < 1.29 is 18.0 Å². The lowest BCUT2D eigenvalue weighted by molar-refractivity contribution is -0.126. The zero-order chi connectivity index (χ0) is 20.9. The van der Waals surface area contributed by atoms with Gasteiger partial charge in [-0.2, -0.15) is 4.31 Å². The summed E-state index contributed by atoms with van der Waals surface area (Å²) in [7, 11) is -3.71. The molecule has 1 aliphatic heterocycles. The largest absolute Gasteiger partial charge is 0.350 e. The quantitative estimate of drug-likeness (QED) is 0.746. The average Bonchev–Trinajstić information content (AvgIpc) is 2.73. The fourth-order valence-corrected chi connectivity index (χ4v) is 4.79. The minimum absolute atomic E-state index is 0.140. The summed E-state index contributed by atoms with van der Waals surface area (Å²) in [6, 6.07) is 11.5. The first-order valence-corrected chi connectivity index (χ1v) is 10.9. The molecule has 1 fully saturated rings. The summed E-state index contributed by atoms with van der Waals surface area (Å²) in [6.07, 6.45) is 2.92. The second-order valence-corrected chi connectivity index (χ2v) is 8.88. The molecule has 1 saturated heterocycles. The molecule has 3 rings (SSSR count). The van der Waals surface area contributed by atoms with E-state index in [4.69, 9.17) is 0 Å². The summed E-state index contributed by atoms with van der Waals surface area (Å²) in [4.78, 5) is 27.9. The Balaban J connectivity index is 1.64. The summed E-state index contributed by atoms with van der Waals surface area (Å²) >= 11 is 0.